The summed E-state index contributed by atoms with van der Waals surface area (Å²) in [5, 5.41) is 20.5. The van der Waals surface area contributed by atoms with Gasteiger partial charge in [0.15, 0.2) is 0 Å². The van der Waals surface area contributed by atoms with E-state index in [0.717, 1.165) is 6.42 Å². The van der Waals surface area contributed by atoms with Crippen LogP contribution in [0.15, 0.2) is 53.4 Å². The van der Waals surface area contributed by atoms with E-state index in [2.05, 4.69) is 0 Å². The zero-order valence-corrected chi connectivity index (χ0v) is 18.8. The number of carbonyl (C=O) groups excluding carboxylic acids is 1. The van der Waals surface area contributed by atoms with E-state index >= 15 is 0 Å². The first kappa shape index (κ1) is 24.8. The first-order chi connectivity index (χ1) is 15.6. The van der Waals surface area contributed by atoms with E-state index in [1.807, 2.05) is 0 Å². The van der Waals surface area contributed by atoms with Gasteiger partial charge in [-0.3, -0.25) is 9.59 Å². The van der Waals surface area contributed by atoms with Crippen LogP contribution >= 0.6 is 0 Å². The largest absolute Gasteiger partial charge is 0.481 e. The van der Waals surface area contributed by atoms with E-state index in [1.54, 1.807) is 12.1 Å². The summed E-state index contributed by atoms with van der Waals surface area (Å²) >= 11 is 0. The maximum Gasteiger partial charge on any atom is 0.304 e. The minimum Gasteiger partial charge on any atom is -0.481 e. The van der Waals surface area contributed by atoms with E-state index in [-0.39, 0.29) is 4.90 Å². The Hall–Kier alpha value is -2.82. The van der Waals surface area contributed by atoms with Crippen molar-refractivity contribution in [2.24, 2.45) is 11.7 Å². The van der Waals surface area contributed by atoms with E-state index in [0.29, 0.717) is 41.1 Å². The van der Waals surface area contributed by atoms with Gasteiger partial charge in [-0.1, -0.05) is 43.5 Å². The second-order valence-corrected chi connectivity index (χ2v) is 10.0. The van der Waals surface area contributed by atoms with Gasteiger partial charge in [-0.2, -0.15) is 4.31 Å². The number of sulfonamides is 1. The fraction of sp³-hybridized carbons (Fsp3) is 0.391. The number of carbonyl (C=O) groups is 2. The zero-order chi connectivity index (χ0) is 24.2. The van der Waals surface area contributed by atoms with Crippen LogP contribution in [0.1, 0.15) is 38.5 Å². The third-order valence-corrected chi connectivity index (χ3v) is 7.98. The Morgan fingerprint density at radius 3 is 2.00 bits per heavy atom. The van der Waals surface area contributed by atoms with Crippen LogP contribution in [-0.2, 0) is 19.6 Å². The number of carboxylic acid groups (broad SMARTS) is 1. The molecule has 178 valence electrons. The van der Waals surface area contributed by atoms with Crippen molar-refractivity contribution < 1.29 is 32.6 Å². The molecule has 10 heteroatoms. The number of halogens is 1. The number of primary amides is 1. The van der Waals surface area contributed by atoms with Gasteiger partial charge in [-0.15, -0.1) is 0 Å². The molecule has 1 aliphatic rings. The summed E-state index contributed by atoms with van der Waals surface area (Å²) in [4.78, 5) is 23.4. The maximum atomic E-state index is 13.5. The van der Waals surface area contributed by atoms with Crippen LogP contribution < -0.4 is 5.73 Å². The Morgan fingerprint density at radius 1 is 1.00 bits per heavy atom. The van der Waals surface area contributed by atoms with Gasteiger partial charge in [0.1, 0.15) is 5.82 Å². The van der Waals surface area contributed by atoms with Crippen molar-refractivity contribution in [2.75, 3.05) is 6.54 Å². The van der Waals surface area contributed by atoms with Gasteiger partial charge in [0.05, 0.1) is 11.3 Å². The molecular formula is C23H27FN2O6S. The van der Waals surface area contributed by atoms with Crippen LogP contribution in [0, 0.1) is 11.7 Å². The number of benzene rings is 2. The van der Waals surface area contributed by atoms with Gasteiger partial charge in [0, 0.05) is 12.5 Å². The first-order valence-electron chi connectivity index (χ1n) is 10.7. The second kappa shape index (κ2) is 9.98. The summed E-state index contributed by atoms with van der Waals surface area (Å²) in [5.41, 5.74) is 4.27. The summed E-state index contributed by atoms with van der Waals surface area (Å²) in [7, 11) is -4.50. The molecule has 4 N–H and O–H groups in total. The Morgan fingerprint density at radius 2 is 1.52 bits per heavy atom. The molecule has 2 aromatic carbocycles. The summed E-state index contributed by atoms with van der Waals surface area (Å²) in [5.74, 6) is -3.66. The average Bonchev–Trinajstić information content (AvgIpc) is 2.79. The summed E-state index contributed by atoms with van der Waals surface area (Å²) in [6, 6.07) is 11.3. The van der Waals surface area contributed by atoms with Gasteiger partial charge in [-0.05, 0) is 48.2 Å². The first-order valence-corrected chi connectivity index (χ1v) is 12.1. The van der Waals surface area contributed by atoms with Crippen molar-refractivity contribution in [2.45, 2.75) is 49.1 Å². The number of hydrogen-bond donors (Lipinski definition) is 3. The highest BCUT2D eigenvalue weighted by atomic mass is 32.2. The summed E-state index contributed by atoms with van der Waals surface area (Å²) < 4.78 is 40.8. The van der Waals surface area contributed by atoms with Gasteiger partial charge >= 0.3 is 5.97 Å². The highest BCUT2D eigenvalue weighted by molar-refractivity contribution is 7.89. The predicted octanol–water partition coefficient (Wildman–Crippen LogP) is 2.71. The molecule has 1 unspecified atom stereocenters. The topological polar surface area (TPSA) is 138 Å². The molecule has 0 aromatic heterocycles. The Kier molecular flexibility index (Phi) is 7.51. The maximum absolute atomic E-state index is 13.5. The van der Waals surface area contributed by atoms with Crippen LogP contribution in [0.5, 0.6) is 0 Å². The summed E-state index contributed by atoms with van der Waals surface area (Å²) in [6.07, 6.45) is 2.44. The van der Waals surface area contributed by atoms with E-state index in [9.17, 15) is 27.5 Å². The smallest absolute Gasteiger partial charge is 0.304 e. The standard InChI is InChI=1S/C23H27FN2O6S/c24-19-10-6-16(7-11-19)17-8-12-20(13-9-17)33(31,32)26(15-14-21(27)28)23(30,22(25)29)18-4-2-1-3-5-18/h6-13,18,30H,1-5,14-15H2,(H2,25,29)(H,27,28). The fourth-order valence-corrected chi connectivity index (χ4v) is 5.96. The fourth-order valence-electron chi connectivity index (χ4n) is 4.29. The van der Waals surface area contributed by atoms with Crippen LogP contribution in [0.3, 0.4) is 0 Å². The molecule has 0 aliphatic heterocycles. The average molecular weight is 479 g/mol. The quantitative estimate of drug-likeness (QED) is 0.474. The zero-order valence-electron chi connectivity index (χ0n) is 18.0. The lowest BCUT2D eigenvalue weighted by molar-refractivity contribution is -0.165. The molecule has 1 fully saturated rings. The minimum absolute atomic E-state index is 0.228. The minimum atomic E-state index is -4.50. The van der Waals surface area contributed by atoms with Crippen molar-refractivity contribution in [1.29, 1.82) is 0 Å². The number of aliphatic hydroxyl groups is 1. The van der Waals surface area contributed by atoms with Crippen molar-refractivity contribution in [3.8, 4) is 11.1 Å². The number of rotatable bonds is 9. The van der Waals surface area contributed by atoms with E-state index in [4.69, 9.17) is 10.8 Å². The van der Waals surface area contributed by atoms with Crippen molar-refractivity contribution in [3.63, 3.8) is 0 Å². The second-order valence-electron chi connectivity index (χ2n) is 8.18. The number of hydrogen-bond acceptors (Lipinski definition) is 5. The molecular weight excluding hydrogens is 451 g/mol. The molecule has 1 amide bonds. The van der Waals surface area contributed by atoms with Gasteiger partial charge in [0.25, 0.3) is 5.91 Å². The van der Waals surface area contributed by atoms with E-state index in [1.165, 1.54) is 36.4 Å². The van der Waals surface area contributed by atoms with Crippen LogP contribution in [0.25, 0.3) is 11.1 Å². The van der Waals surface area contributed by atoms with Crippen LogP contribution in [0.4, 0.5) is 4.39 Å². The third kappa shape index (κ3) is 5.23. The normalized spacial score (nSPS) is 16.9. The molecule has 1 aliphatic carbocycles. The summed E-state index contributed by atoms with van der Waals surface area (Å²) in [6.45, 7) is -0.618. The molecule has 1 saturated carbocycles. The molecule has 8 nitrogen and oxygen atoms in total. The van der Waals surface area contributed by atoms with Crippen LogP contribution in [0.2, 0.25) is 0 Å². The third-order valence-electron chi connectivity index (χ3n) is 6.07. The Balaban J connectivity index is 2.02. The molecule has 3 rings (SSSR count). The predicted molar refractivity (Wildman–Crippen MR) is 119 cm³/mol. The molecule has 0 saturated heterocycles. The molecule has 0 bridgehead atoms. The highest BCUT2D eigenvalue weighted by Gasteiger charge is 2.52. The lowest BCUT2D eigenvalue weighted by atomic mass is 9.81. The number of nitrogens with two attached hydrogens (primary N) is 1. The monoisotopic (exact) mass is 478 g/mol. The molecule has 0 spiro atoms. The van der Waals surface area contributed by atoms with Gasteiger partial charge in [0.2, 0.25) is 15.7 Å². The van der Waals surface area contributed by atoms with Crippen molar-refractivity contribution >= 4 is 21.9 Å². The Bertz CT molecular complexity index is 1100. The molecule has 1 atom stereocenters. The van der Waals surface area contributed by atoms with Crippen molar-refractivity contribution in [1.82, 2.24) is 4.31 Å². The Labute approximate surface area is 191 Å². The number of aliphatic carboxylic acids is 1. The highest BCUT2D eigenvalue weighted by Crippen LogP contribution is 2.38. The SMILES string of the molecule is NC(=O)C(O)(C1CCCCC1)N(CCC(=O)O)S(=O)(=O)c1ccc(-c2ccc(F)cc2)cc1. The van der Waals surface area contributed by atoms with Gasteiger partial charge < -0.3 is 15.9 Å². The number of amides is 1. The van der Waals surface area contributed by atoms with Gasteiger partial charge in [-0.25, -0.2) is 12.8 Å². The number of nitrogens with zero attached hydrogens (tertiary/aromatic N) is 1. The molecule has 0 radical (unpaired) electrons. The van der Waals surface area contributed by atoms with Crippen LogP contribution in [-0.4, -0.2) is 47.1 Å². The number of carboxylic acids is 1. The molecule has 33 heavy (non-hydrogen) atoms. The lowest BCUT2D eigenvalue weighted by Crippen LogP contribution is -2.64. The van der Waals surface area contributed by atoms with E-state index < -0.39 is 52.3 Å². The molecule has 0 heterocycles. The van der Waals surface area contributed by atoms with Crippen molar-refractivity contribution in [3.05, 3.63) is 54.3 Å². The molecule has 2 aromatic rings. The lowest BCUT2D eigenvalue weighted by Gasteiger charge is -2.42.